The molecule has 0 bridgehead atoms. The molecule has 3 N–H and O–H groups in total. The van der Waals surface area contributed by atoms with Crippen molar-refractivity contribution < 1.29 is 28.3 Å². The first-order valence-corrected chi connectivity index (χ1v) is 19.0. The van der Waals surface area contributed by atoms with Crippen LogP contribution in [0.1, 0.15) is 44.4 Å². The van der Waals surface area contributed by atoms with Crippen molar-refractivity contribution in [3.63, 3.8) is 0 Å². The number of oxime groups is 1. The molecule has 1 saturated heterocycles. The van der Waals surface area contributed by atoms with E-state index in [1.165, 1.54) is 34.8 Å². The molecule has 276 valence electrons. The fraction of sp³-hybridized carbons (Fsp3) is 0.385. The standard InChI is InChI=1S/C39H48N6O6S/c1-27(2)24-44(52(50,51)32-16-14-30(15-17-32)23-41-49)26-36(46)35(22-29-10-6-5-7-11-29)42-38(47)37(28(3)4)45-21-20-43(39(45)48)25-31-18-19-40-34-13-9-8-12-33(31)34/h5-19,23,27-28,35-37,46,49H,20-22,24-26H2,1-4H3,(H,42,47)/b41-23+/t35-,36?,37+/m0/s1. The quantitative estimate of drug-likeness (QED) is 0.0855. The minimum absolute atomic E-state index is 0.0239. The first-order chi connectivity index (χ1) is 24.9. The van der Waals surface area contributed by atoms with Gasteiger partial charge in [-0.1, -0.05) is 93.5 Å². The molecule has 0 saturated carbocycles. The van der Waals surface area contributed by atoms with Gasteiger partial charge in [-0.05, 0) is 59.2 Å². The van der Waals surface area contributed by atoms with Gasteiger partial charge in [-0.2, -0.15) is 4.31 Å². The number of nitrogens with one attached hydrogen (secondary N) is 1. The number of hydrogen-bond donors (Lipinski definition) is 3. The largest absolute Gasteiger partial charge is 0.411 e. The van der Waals surface area contributed by atoms with Crippen LogP contribution in [-0.2, 0) is 27.8 Å². The Labute approximate surface area is 305 Å². The Kier molecular flexibility index (Phi) is 12.6. The topological polar surface area (TPSA) is 156 Å². The van der Waals surface area contributed by atoms with Crippen LogP contribution in [0.5, 0.6) is 0 Å². The number of hydrogen-bond acceptors (Lipinski definition) is 8. The Morgan fingerprint density at radius 1 is 0.962 bits per heavy atom. The second-order valence-corrected chi connectivity index (χ2v) is 15.9. The lowest BCUT2D eigenvalue weighted by molar-refractivity contribution is -0.128. The van der Waals surface area contributed by atoms with Crippen molar-refractivity contribution in [3.05, 3.63) is 108 Å². The number of sulfonamides is 1. The first kappa shape index (κ1) is 38.4. The Bertz CT molecular complexity index is 1950. The van der Waals surface area contributed by atoms with Gasteiger partial charge in [0.2, 0.25) is 15.9 Å². The predicted octanol–water partition coefficient (Wildman–Crippen LogP) is 4.74. The smallest absolute Gasteiger partial charge is 0.321 e. The summed E-state index contributed by atoms with van der Waals surface area (Å²) in [5.41, 5.74) is 3.18. The normalized spacial score (nSPS) is 15.7. The number of rotatable bonds is 16. The number of urea groups is 1. The second kappa shape index (κ2) is 17.1. The highest BCUT2D eigenvalue weighted by Crippen LogP contribution is 2.25. The van der Waals surface area contributed by atoms with Gasteiger partial charge in [0.25, 0.3) is 0 Å². The van der Waals surface area contributed by atoms with Crippen LogP contribution in [0.2, 0.25) is 0 Å². The van der Waals surface area contributed by atoms with Crippen molar-refractivity contribution in [2.45, 2.75) is 63.7 Å². The van der Waals surface area contributed by atoms with E-state index in [1.54, 1.807) is 16.0 Å². The molecule has 12 nitrogen and oxygen atoms in total. The van der Waals surface area contributed by atoms with Crippen molar-refractivity contribution in [1.29, 1.82) is 0 Å². The number of carbonyl (C=O) groups excluding carboxylic acids is 2. The molecule has 2 heterocycles. The lowest BCUT2D eigenvalue weighted by atomic mass is 9.97. The molecule has 1 aromatic heterocycles. The summed E-state index contributed by atoms with van der Waals surface area (Å²) in [6, 6.07) is 23.0. The zero-order valence-corrected chi connectivity index (χ0v) is 30.9. The van der Waals surface area contributed by atoms with E-state index in [1.807, 2.05) is 88.4 Å². The van der Waals surface area contributed by atoms with Gasteiger partial charge in [0, 0.05) is 44.3 Å². The Morgan fingerprint density at radius 2 is 1.65 bits per heavy atom. The van der Waals surface area contributed by atoms with Gasteiger partial charge in [-0.25, -0.2) is 13.2 Å². The van der Waals surface area contributed by atoms with Crippen LogP contribution in [0.3, 0.4) is 0 Å². The fourth-order valence-corrected chi connectivity index (χ4v) is 8.31. The van der Waals surface area contributed by atoms with Crippen molar-refractivity contribution >= 4 is 39.1 Å². The summed E-state index contributed by atoms with van der Waals surface area (Å²) >= 11 is 0. The van der Waals surface area contributed by atoms with Gasteiger partial charge >= 0.3 is 6.03 Å². The molecule has 1 unspecified atom stereocenters. The average Bonchev–Trinajstić information content (AvgIpc) is 3.46. The summed E-state index contributed by atoms with van der Waals surface area (Å²) in [6.07, 6.45) is 1.87. The number of aliphatic hydroxyl groups is 1. The van der Waals surface area contributed by atoms with Gasteiger partial charge in [-0.15, -0.1) is 0 Å². The molecule has 1 aliphatic rings. The van der Waals surface area contributed by atoms with Crippen LogP contribution in [0.15, 0.2) is 101 Å². The predicted molar refractivity (Wildman–Crippen MR) is 200 cm³/mol. The van der Waals surface area contributed by atoms with E-state index in [2.05, 4.69) is 15.5 Å². The summed E-state index contributed by atoms with van der Waals surface area (Å²) in [6.45, 7) is 8.57. The molecule has 3 amide bonds. The first-order valence-electron chi connectivity index (χ1n) is 17.6. The fourth-order valence-electron chi connectivity index (χ4n) is 6.68. The third-order valence-electron chi connectivity index (χ3n) is 9.24. The molecule has 0 radical (unpaired) electrons. The average molecular weight is 729 g/mol. The molecular weight excluding hydrogens is 681 g/mol. The molecule has 13 heteroatoms. The maximum absolute atomic E-state index is 14.2. The highest BCUT2D eigenvalue weighted by Gasteiger charge is 2.40. The highest BCUT2D eigenvalue weighted by atomic mass is 32.2. The number of amides is 3. The number of pyridine rings is 1. The maximum atomic E-state index is 14.2. The molecule has 3 aromatic carbocycles. The Balaban J connectivity index is 1.37. The van der Waals surface area contributed by atoms with Crippen molar-refractivity contribution in [3.8, 4) is 0 Å². The summed E-state index contributed by atoms with van der Waals surface area (Å²) in [4.78, 5) is 35.9. The van der Waals surface area contributed by atoms with Crippen LogP contribution in [0.4, 0.5) is 4.79 Å². The maximum Gasteiger partial charge on any atom is 0.321 e. The number of benzene rings is 3. The summed E-state index contributed by atoms with van der Waals surface area (Å²) < 4.78 is 29.1. The van der Waals surface area contributed by atoms with Crippen LogP contribution in [-0.4, -0.2) is 100 Å². The third-order valence-corrected chi connectivity index (χ3v) is 11.1. The van der Waals surface area contributed by atoms with E-state index in [-0.39, 0.29) is 42.3 Å². The van der Waals surface area contributed by atoms with Crippen LogP contribution in [0, 0.1) is 11.8 Å². The lowest BCUT2D eigenvalue weighted by Crippen LogP contribution is -2.57. The molecule has 52 heavy (non-hydrogen) atoms. The van der Waals surface area contributed by atoms with E-state index >= 15 is 0 Å². The zero-order valence-electron chi connectivity index (χ0n) is 30.0. The zero-order chi connectivity index (χ0) is 37.4. The highest BCUT2D eigenvalue weighted by molar-refractivity contribution is 7.89. The molecule has 0 aliphatic carbocycles. The van der Waals surface area contributed by atoms with Crippen molar-refractivity contribution in [2.75, 3.05) is 26.2 Å². The van der Waals surface area contributed by atoms with Crippen LogP contribution >= 0.6 is 0 Å². The van der Waals surface area contributed by atoms with Crippen LogP contribution in [0.25, 0.3) is 10.9 Å². The van der Waals surface area contributed by atoms with E-state index in [0.717, 1.165) is 22.0 Å². The molecule has 1 aliphatic heterocycles. The monoisotopic (exact) mass is 728 g/mol. The number of fused-ring (bicyclic) bond motifs is 1. The minimum atomic E-state index is -4.06. The number of aliphatic hydroxyl groups excluding tert-OH is 1. The van der Waals surface area contributed by atoms with Gasteiger partial charge in [0.15, 0.2) is 0 Å². The van der Waals surface area contributed by atoms with E-state index in [9.17, 15) is 23.1 Å². The van der Waals surface area contributed by atoms with Gasteiger partial charge < -0.3 is 25.4 Å². The Hall–Kier alpha value is -4.85. The number of carbonyl (C=O) groups is 2. The SMILES string of the molecule is CC(C)CN(CC(O)[C@H](Cc1ccccc1)NC(=O)[C@@H](C(C)C)N1CCN(Cc2ccnc3ccccc23)C1=O)S(=O)(=O)c1ccc(/C=N/O)cc1. The molecule has 4 aromatic rings. The van der Waals surface area contributed by atoms with E-state index in [0.29, 0.717) is 25.2 Å². The molecular formula is C39H48N6O6S. The van der Waals surface area contributed by atoms with Gasteiger partial charge in [-0.3, -0.25) is 9.78 Å². The Morgan fingerprint density at radius 3 is 2.33 bits per heavy atom. The molecule has 1 fully saturated rings. The third kappa shape index (κ3) is 9.14. The lowest BCUT2D eigenvalue weighted by Gasteiger charge is -2.34. The van der Waals surface area contributed by atoms with E-state index in [4.69, 9.17) is 5.21 Å². The van der Waals surface area contributed by atoms with Gasteiger partial charge in [0.05, 0.1) is 28.8 Å². The number of para-hydroxylation sites is 1. The molecule has 3 atom stereocenters. The molecule has 0 spiro atoms. The molecule has 5 rings (SSSR count). The summed E-state index contributed by atoms with van der Waals surface area (Å²) in [5, 5.41) is 27.6. The summed E-state index contributed by atoms with van der Waals surface area (Å²) in [7, 11) is -4.06. The summed E-state index contributed by atoms with van der Waals surface area (Å²) in [5.74, 6) is -0.736. The second-order valence-electron chi connectivity index (χ2n) is 14.0. The minimum Gasteiger partial charge on any atom is -0.411 e. The van der Waals surface area contributed by atoms with Gasteiger partial charge in [0.1, 0.15) is 6.04 Å². The van der Waals surface area contributed by atoms with Crippen LogP contribution < -0.4 is 5.32 Å². The number of aromatic nitrogens is 1. The van der Waals surface area contributed by atoms with Crippen molar-refractivity contribution in [2.24, 2.45) is 17.0 Å². The van der Waals surface area contributed by atoms with E-state index < -0.39 is 34.1 Å². The van der Waals surface area contributed by atoms with Crippen molar-refractivity contribution in [1.82, 2.24) is 24.4 Å². The number of nitrogens with zero attached hydrogens (tertiary/aromatic N) is 5.